The molecule has 1 atom stereocenters. The van der Waals surface area contributed by atoms with E-state index in [1.165, 1.54) is 29.1 Å². The van der Waals surface area contributed by atoms with Crippen molar-refractivity contribution in [2.45, 2.75) is 38.8 Å². The number of ether oxygens (including phenoxy) is 3. The van der Waals surface area contributed by atoms with Crippen LogP contribution in [-0.4, -0.2) is 63.7 Å². The van der Waals surface area contributed by atoms with Crippen LogP contribution in [-0.2, 0) is 30.2 Å². The predicted molar refractivity (Wildman–Crippen MR) is 123 cm³/mol. The third-order valence-electron chi connectivity index (χ3n) is 5.81. The summed E-state index contributed by atoms with van der Waals surface area (Å²) in [5, 5.41) is 10.8. The molecule has 0 aromatic heterocycles. The molecule has 4 aliphatic rings. The van der Waals surface area contributed by atoms with Gasteiger partial charge in [-0.25, -0.2) is 24.0 Å². The summed E-state index contributed by atoms with van der Waals surface area (Å²) in [5.74, 6) is -2.23. The molecule has 9 nitrogen and oxygen atoms in total. The topological polar surface area (TPSA) is 110 Å². The summed E-state index contributed by atoms with van der Waals surface area (Å²) in [6, 6.07) is 6.00. The third-order valence-corrected chi connectivity index (χ3v) is 5.81. The van der Waals surface area contributed by atoms with Gasteiger partial charge in [0.25, 0.3) is 11.6 Å². The fourth-order valence-electron chi connectivity index (χ4n) is 4.17. The van der Waals surface area contributed by atoms with Crippen LogP contribution >= 0.6 is 0 Å². The van der Waals surface area contributed by atoms with Gasteiger partial charge in [0, 0.05) is 11.8 Å². The van der Waals surface area contributed by atoms with Gasteiger partial charge < -0.3 is 19.3 Å². The molecule has 1 amide bonds. The van der Waals surface area contributed by atoms with E-state index in [1.807, 2.05) is 13.8 Å². The molecule has 35 heavy (non-hydrogen) atoms. The van der Waals surface area contributed by atoms with Crippen LogP contribution in [0, 0.1) is 5.82 Å². The first-order valence-electron chi connectivity index (χ1n) is 11.1. The minimum Gasteiger partial charge on any atom is -0.504 e. The molecule has 1 aromatic carbocycles. The van der Waals surface area contributed by atoms with Crippen LogP contribution in [0.15, 0.2) is 69.3 Å². The van der Waals surface area contributed by atoms with Crippen molar-refractivity contribution >= 4 is 29.2 Å². The number of hydrogen-bond donors (Lipinski definition) is 1. The molecule has 1 unspecified atom stereocenters. The van der Waals surface area contributed by atoms with Crippen molar-refractivity contribution in [2.75, 3.05) is 13.2 Å². The SMILES string of the molecule is CCOC(=O)C1=C(O)C2=NC=C(Cc3ccc(F)cc3)C3OC(C4=NC(C)(C)CO4)=C[N+](=C23)C1=O. The Kier molecular flexibility index (Phi) is 5.38. The van der Waals surface area contributed by atoms with E-state index >= 15 is 0 Å². The second-order valence-electron chi connectivity index (χ2n) is 9.00. The highest BCUT2D eigenvalue weighted by Crippen LogP contribution is 2.32. The number of carbonyl (C=O) groups is 2. The maximum atomic E-state index is 13.4. The van der Waals surface area contributed by atoms with Crippen LogP contribution in [0.3, 0.4) is 0 Å². The maximum Gasteiger partial charge on any atom is 0.436 e. The molecule has 0 saturated carbocycles. The number of halogens is 1. The molecular weight excluding hydrogens is 457 g/mol. The van der Waals surface area contributed by atoms with Gasteiger partial charge in [0.15, 0.2) is 11.5 Å². The van der Waals surface area contributed by atoms with Gasteiger partial charge in [-0.1, -0.05) is 12.1 Å². The zero-order valence-electron chi connectivity index (χ0n) is 19.4. The van der Waals surface area contributed by atoms with Crippen molar-refractivity contribution in [2.24, 2.45) is 9.98 Å². The van der Waals surface area contributed by atoms with Crippen LogP contribution in [0.25, 0.3) is 0 Å². The fraction of sp³-hybridized carbons (Fsp3) is 0.320. The first kappa shape index (κ1) is 22.7. The van der Waals surface area contributed by atoms with Gasteiger partial charge >= 0.3 is 11.9 Å². The average Bonchev–Trinajstić information content (AvgIpc) is 3.19. The number of nitrogens with zero attached hydrogens (tertiary/aromatic N) is 3. The van der Waals surface area contributed by atoms with Gasteiger partial charge in [0.2, 0.25) is 23.6 Å². The van der Waals surface area contributed by atoms with E-state index < -0.39 is 34.9 Å². The summed E-state index contributed by atoms with van der Waals surface area (Å²) in [5.41, 5.74) is 0.759. The lowest BCUT2D eigenvalue weighted by Crippen LogP contribution is -2.51. The molecular formula is C25H23FN3O6+. The Morgan fingerprint density at radius 2 is 2.06 bits per heavy atom. The molecule has 0 saturated heterocycles. The van der Waals surface area contributed by atoms with Crippen molar-refractivity contribution < 1.29 is 37.9 Å². The van der Waals surface area contributed by atoms with E-state index in [-0.39, 0.29) is 35.5 Å². The van der Waals surface area contributed by atoms with Gasteiger partial charge in [0.05, 0.1) is 12.1 Å². The van der Waals surface area contributed by atoms with Gasteiger partial charge in [0.1, 0.15) is 12.4 Å². The third kappa shape index (κ3) is 3.94. The van der Waals surface area contributed by atoms with Gasteiger partial charge in [-0.3, -0.25) is 0 Å². The number of hydrogen-bond acceptors (Lipinski definition) is 8. The van der Waals surface area contributed by atoms with Crippen molar-refractivity contribution in [3.05, 3.63) is 70.7 Å². The highest BCUT2D eigenvalue weighted by Gasteiger charge is 2.53. The van der Waals surface area contributed by atoms with Crippen LogP contribution in [0.1, 0.15) is 26.3 Å². The molecule has 5 rings (SSSR count). The summed E-state index contributed by atoms with van der Waals surface area (Å²) >= 11 is 0. The number of aliphatic hydroxyl groups is 1. The summed E-state index contributed by atoms with van der Waals surface area (Å²) in [4.78, 5) is 34.8. The molecule has 1 N–H and O–H groups in total. The Balaban J connectivity index is 1.63. The average molecular weight is 480 g/mol. The standard InChI is InChI=1S/C25H22FN3O6/c1-4-33-24(32)17-20(30)18-19-21(14(10-27-18)9-13-5-7-15(26)8-6-13)35-16(11-29(19)23(17)31)22-28-25(2,3)12-34-22/h5-8,10-11,21H,4,9,12H2,1-3H3/p+1. The summed E-state index contributed by atoms with van der Waals surface area (Å²) in [6.07, 6.45) is 2.41. The lowest BCUT2D eigenvalue weighted by molar-refractivity contribution is -0.385. The molecule has 0 radical (unpaired) electrons. The largest absolute Gasteiger partial charge is 0.504 e. The minimum atomic E-state index is -0.952. The normalized spacial score (nSPS) is 22.4. The number of esters is 1. The lowest BCUT2D eigenvalue weighted by atomic mass is 9.89. The quantitative estimate of drug-likeness (QED) is 0.394. The zero-order chi connectivity index (χ0) is 24.9. The molecule has 0 aliphatic carbocycles. The van der Waals surface area contributed by atoms with Crippen molar-refractivity contribution in [3.63, 3.8) is 0 Å². The van der Waals surface area contributed by atoms with Crippen molar-refractivity contribution in [1.29, 1.82) is 0 Å². The Labute approximate surface area is 200 Å². The van der Waals surface area contributed by atoms with E-state index in [4.69, 9.17) is 14.2 Å². The zero-order valence-corrected chi connectivity index (χ0v) is 19.4. The number of carbonyl (C=O) groups excluding carboxylic acids is 2. The first-order valence-corrected chi connectivity index (χ1v) is 11.1. The fourth-order valence-corrected chi connectivity index (χ4v) is 4.17. The number of amides is 1. The van der Waals surface area contributed by atoms with E-state index in [0.717, 1.165) is 5.56 Å². The van der Waals surface area contributed by atoms with E-state index in [1.54, 1.807) is 19.1 Å². The van der Waals surface area contributed by atoms with Gasteiger partial charge in [-0.05, 0) is 44.9 Å². The second kappa shape index (κ2) is 8.30. The Morgan fingerprint density at radius 1 is 1.31 bits per heavy atom. The maximum absolute atomic E-state index is 13.4. The molecule has 0 bridgehead atoms. The second-order valence-corrected chi connectivity index (χ2v) is 9.00. The smallest absolute Gasteiger partial charge is 0.436 e. The van der Waals surface area contributed by atoms with Crippen LogP contribution < -0.4 is 0 Å². The van der Waals surface area contributed by atoms with Crippen molar-refractivity contribution in [3.8, 4) is 0 Å². The summed E-state index contributed by atoms with van der Waals surface area (Å²) < 4.78 is 31.6. The summed E-state index contributed by atoms with van der Waals surface area (Å²) in [6.45, 7) is 5.76. The number of aliphatic hydroxyl groups excluding tert-OH is 1. The van der Waals surface area contributed by atoms with Crippen LogP contribution in [0.4, 0.5) is 4.39 Å². The van der Waals surface area contributed by atoms with Gasteiger partial charge in [-0.15, -0.1) is 4.58 Å². The highest BCUT2D eigenvalue weighted by molar-refractivity contribution is 6.52. The monoisotopic (exact) mass is 480 g/mol. The number of allylic oxidation sites excluding steroid dienone is 1. The first-order chi connectivity index (χ1) is 16.7. The molecule has 10 heteroatoms. The predicted octanol–water partition coefficient (Wildman–Crippen LogP) is 2.52. The molecule has 4 aliphatic heterocycles. The number of benzene rings is 1. The van der Waals surface area contributed by atoms with Crippen LogP contribution in [0.2, 0.25) is 0 Å². The van der Waals surface area contributed by atoms with Gasteiger partial charge in [-0.2, -0.15) is 0 Å². The molecule has 180 valence electrons. The molecule has 0 fully saturated rings. The Hall–Kier alpha value is -4.08. The summed E-state index contributed by atoms with van der Waals surface area (Å²) in [7, 11) is 0. The number of aliphatic imine (C=N–C) groups is 2. The highest BCUT2D eigenvalue weighted by atomic mass is 19.1. The van der Waals surface area contributed by atoms with E-state index in [9.17, 15) is 19.1 Å². The Bertz CT molecular complexity index is 1330. The molecule has 1 aromatic rings. The van der Waals surface area contributed by atoms with Crippen molar-refractivity contribution in [1.82, 2.24) is 0 Å². The Morgan fingerprint density at radius 3 is 2.71 bits per heavy atom. The molecule has 0 spiro atoms. The van der Waals surface area contributed by atoms with Crippen LogP contribution in [0.5, 0.6) is 0 Å². The lowest BCUT2D eigenvalue weighted by Gasteiger charge is -2.29. The minimum absolute atomic E-state index is 0.0280. The van der Waals surface area contributed by atoms with E-state index in [2.05, 4.69) is 9.98 Å². The molecule has 4 heterocycles. The van der Waals surface area contributed by atoms with E-state index in [0.29, 0.717) is 18.6 Å². The number of rotatable bonds is 5.